The lowest BCUT2D eigenvalue weighted by Gasteiger charge is -2.10. The predicted molar refractivity (Wildman–Crippen MR) is 99.2 cm³/mol. The first-order valence-corrected chi connectivity index (χ1v) is 7.53. The fourth-order valence-corrected chi connectivity index (χ4v) is 2.23. The Balaban J connectivity index is 1.83. The van der Waals surface area contributed by atoms with Crippen LogP contribution in [0.4, 0.5) is 0 Å². The lowest BCUT2D eigenvalue weighted by Crippen LogP contribution is -2.08. The van der Waals surface area contributed by atoms with Gasteiger partial charge in [-0.05, 0) is 29.8 Å². The van der Waals surface area contributed by atoms with E-state index < -0.39 is 0 Å². The van der Waals surface area contributed by atoms with Crippen molar-refractivity contribution in [3.8, 4) is 5.82 Å². The summed E-state index contributed by atoms with van der Waals surface area (Å²) in [5.41, 5.74) is 2.74. The summed E-state index contributed by atoms with van der Waals surface area (Å²) >= 11 is 0. The molecule has 0 saturated carbocycles. The summed E-state index contributed by atoms with van der Waals surface area (Å²) in [4.78, 5) is 14.8. The molecule has 0 atom stereocenters. The van der Waals surface area contributed by atoms with E-state index in [0.717, 1.165) is 27.9 Å². The van der Waals surface area contributed by atoms with Crippen molar-refractivity contribution in [3.63, 3.8) is 0 Å². The maximum Gasteiger partial charge on any atom is 0.137 e. The van der Waals surface area contributed by atoms with Crippen molar-refractivity contribution in [1.29, 1.82) is 0 Å². The van der Waals surface area contributed by atoms with E-state index in [1.807, 2.05) is 60.2 Å². The number of hydrogen-bond acceptors (Lipinski definition) is 4. The Morgan fingerprint density at radius 2 is 2.00 bits per heavy atom. The summed E-state index contributed by atoms with van der Waals surface area (Å²) in [7, 11) is 3.80. The van der Waals surface area contributed by atoms with Crippen molar-refractivity contribution in [2.24, 2.45) is 4.99 Å². The van der Waals surface area contributed by atoms with E-state index in [4.69, 9.17) is 0 Å². The first kappa shape index (κ1) is 15.7. The average Bonchev–Trinajstić information content (AvgIpc) is 3.03. The second kappa shape index (κ2) is 6.50. The fraction of sp³-hybridized carbons (Fsp3) is 0.105. The van der Waals surface area contributed by atoms with Gasteiger partial charge in [-0.2, -0.15) is 0 Å². The van der Waals surface area contributed by atoms with Gasteiger partial charge in [0.1, 0.15) is 11.6 Å². The molecule has 0 aliphatic carbocycles. The van der Waals surface area contributed by atoms with Gasteiger partial charge in [-0.1, -0.05) is 13.2 Å². The van der Waals surface area contributed by atoms with E-state index in [0.29, 0.717) is 5.82 Å². The lowest BCUT2D eigenvalue weighted by molar-refractivity contribution is 0.510. The largest absolute Gasteiger partial charge is 0.363 e. The molecule has 0 aliphatic heterocycles. The van der Waals surface area contributed by atoms with Crippen LogP contribution >= 0.6 is 0 Å². The van der Waals surface area contributed by atoms with E-state index in [9.17, 15) is 0 Å². The smallest absolute Gasteiger partial charge is 0.137 e. The van der Waals surface area contributed by atoms with Gasteiger partial charge in [0.2, 0.25) is 0 Å². The summed E-state index contributed by atoms with van der Waals surface area (Å²) in [6, 6.07) is 7.97. The molecule has 0 aliphatic rings. The lowest BCUT2D eigenvalue weighted by atomic mass is 10.1. The van der Waals surface area contributed by atoms with Crippen molar-refractivity contribution in [1.82, 2.24) is 19.4 Å². The van der Waals surface area contributed by atoms with Gasteiger partial charge in [-0.15, -0.1) is 0 Å². The molecule has 5 nitrogen and oxygen atoms in total. The first-order valence-electron chi connectivity index (χ1n) is 7.53. The van der Waals surface area contributed by atoms with E-state index in [-0.39, 0.29) is 0 Å². The monoisotopic (exact) mass is 317 g/mol. The molecule has 120 valence electrons. The number of rotatable bonds is 5. The Morgan fingerprint density at radius 3 is 2.71 bits per heavy atom. The molecule has 0 fully saturated rings. The number of aromatic nitrogens is 3. The van der Waals surface area contributed by atoms with Crippen molar-refractivity contribution in [2.75, 3.05) is 14.1 Å². The number of fused-ring (bicyclic) bond motifs is 1. The highest BCUT2D eigenvalue weighted by atomic mass is 15.2. The third-order valence-electron chi connectivity index (χ3n) is 3.75. The van der Waals surface area contributed by atoms with Gasteiger partial charge in [0.25, 0.3) is 0 Å². The highest BCUT2D eigenvalue weighted by Crippen LogP contribution is 2.19. The molecular weight excluding hydrogens is 298 g/mol. The molecule has 0 spiro atoms. The molecule has 0 N–H and O–H groups in total. The maximum absolute atomic E-state index is 4.53. The molecule has 3 rings (SSSR count). The molecule has 0 aromatic carbocycles. The number of hydrogen-bond donors (Lipinski definition) is 0. The van der Waals surface area contributed by atoms with E-state index in [2.05, 4.69) is 28.1 Å². The van der Waals surface area contributed by atoms with Crippen LogP contribution in [0.3, 0.4) is 0 Å². The number of pyridine rings is 2. The molecule has 0 radical (unpaired) electrons. The van der Waals surface area contributed by atoms with Crippen LogP contribution in [0.1, 0.15) is 5.56 Å². The standard InChI is InChI=1S/C19H19N5/c1-14(11-21-15(2)23(3)4)17-5-6-19(22-12-17)24-10-8-16-7-9-20-13-18(16)24/h5-13H,1-2H2,3-4H3/b21-11-. The van der Waals surface area contributed by atoms with E-state index in [1.54, 1.807) is 18.6 Å². The first-order chi connectivity index (χ1) is 11.6. The maximum atomic E-state index is 4.53. The highest BCUT2D eigenvalue weighted by molar-refractivity contribution is 6.08. The zero-order valence-corrected chi connectivity index (χ0v) is 13.8. The van der Waals surface area contributed by atoms with Crippen LogP contribution in [-0.4, -0.2) is 39.7 Å². The van der Waals surface area contributed by atoms with Crippen molar-refractivity contribution in [2.45, 2.75) is 0 Å². The summed E-state index contributed by atoms with van der Waals surface area (Å²) < 4.78 is 2.01. The Kier molecular flexibility index (Phi) is 4.24. The molecule has 5 heteroatoms. The molecule has 3 aromatic rings. The summed E-state index contributed by atoms with van der Waals surface area (Å²) in [5, 5.41) is 1.13. The Bertz CT molecular complexity index is 916. The van der Waals surface area contributed by atoms with E-state index >= 15 is 0 Å². The average molecular weight is 317 g/mol. The van der Waals surface area contributed by atoms with Gasteiger partial charge >= 0.3 is 0 Å². The van der Waals surface area contributed by atoms with Gasteiger partial charge in [-0.3, -0.25) is 9.55 Å². The fourth-order valence-electron chi connectivity index (χ4n) is 2.23. The number of allylic oxidation sites excluding steroid dienone is 1. The predicted octanol–water partition coefficient (Wildman–Crippen LogP) is 3.54. The minimum Gasteiger partial charge on any atom is -0.363 e. The molecule has 24 heavy (non-hydrogen) atoms. The normalized spacial score (nSPS) is 11.1. The summed E-state index contributed by atoms with van der Waals surface area (Å²) in [5.74, 6) is 1.51. The van der Waals surface area contributed by atoms with Gasteiger partial charge < -0.3 is 4.90 Å². The summed E-state index contributed by atoms with van der Waals surface area (Å²) in [6.07, 6.45) is 9.11. The van der Waals surface area contributed by atoms with Crippen LogP contribution in [-0.2, 0) is 0 Å². The zero-order valence-electron chi connectivity index (χ0n) is 13.8. The molecule has 0 bridgehead atoms. The third kappa shape index (κ3) is 3.10. The minimum absolute atomic E-state index is 0.673. The molecule has 0 unspecified atom stereocenters. The van der Waals surface area contributed by atoms with Crippen molar-refractivity contribution in [3.05, 3.63) is 73.6 Å². The zero-order chi connectivity index (χ0) is 17.1. The number of nitrogens with zero attached hydrogens (tertiary/aromatic N) is 5. The van der Waals surface area contributed by atoms with Crippen molar-refractivity contribution < 1.29 is 0 Å². The summed E-state index contributed by atoms with van der Waals surface area (Å²) in [6.45, 7) is 7.89. The SMILES string of the molecule is C=C(/C=N\C(=C)N(C)C)c1ccc(-n2ccc3ccncc32)nc1. The Labute approximate surface area is 141 Å². The Morgan fingerprint density at radius 1 is 1.17 bits per heavy atom. The van der Waals surface area contributed by atoms with Crippen LogP contribution < -0.4 is 0 Å². The van der Waals surface area contributed by atoms with Crippen molar-refractivity contribution >= 4 is 22.7 Å². The Hall–Kier alpha value is -3.21. The van der Waals surface area contributed by atoms with Crippen LogP contribution in [0, 0.1) is 0 Å². The van der Waals surface area contributed by atoms with Gasteiger partial charge in [0, 0.05) is 49.9 Å². The molecule has 0 amide bonds. The van der Waals surface area contributed by atoms with Crippen LogP contribution in [0.25, 0.3) is 22.3 Å². The van der Waals surface area contributed by atoms with Crippen LogP contribution in [0.2, 0.25) is 0 Å². The molecule has 0 saturated heterocycles. The second-order valence-electron chi connectivity index (χ2n) is 5.62. The quantitative estimate of drug-likeness (QED) is 0.676. The van der Waals surface area contributed by atoms with Gasteiger partial charge in [0.15, 0.2) is 0 Å². The molecular formula is C19H19N5. The molecule has 3 aromatic heterocycles. The van der Waals surface area contributed by atoms with Crippen LogP contribution in [0.5, 0.6) is 0 Å². The second-order valence-corrected chi connectivity index (χ2v) is 5.62. The minimum atomic E-state index is 0.673. The third-order valence-corrected chi connectivity index (χ3v) is 3.75. The van der Waals surface area contributed by atoms with Gasteiger partial charge in [-0.25, -0.2) is 9.98 Å². The van der Waals surface area contributed by atoms with E-state index in [1.165, 1.54) is 0 Å². The van der Waals surface area contributed by atoms with Crippen LogP contribution in [0.15, 0.2) is 73.0 Å². The van der Waals surface area contributed by atoms with Gasteiger partial charge in [0.05, 0.1) is 11.7 Å². The molecule has 3 heterocycles. The topological polar surface area (TPSA) is 46.3 Å². The number of aliphatic imine (C=N–C) groups is 1. The highest BCUT2D eigenvalue weighted by Gasteiger charge is 2.05.